The van der Waals surface area contributed by atoms with E-state index in [0.29, 0.717) is 53.2 Å². The molecule has 3 N–H and O–H groups in total. The van der Waals surface area contributed by atoms with Gasteiger partial charge < -0.3 is 24.5 Å². The molecule has 1 saturated heterocycles. The van der Waals surface area contributed by atoms with E-state index < -0.39 is 20.5 Å². The number of fused-ring (bicyclic) bond motifs is 2. The molecule has 1 aliphatic rings. The van der Waals surface area contributed by atoms with E-state index in [1.807, 2.05) is 10.7 Å². The smallest absolute Gasteiger partial charge is 0.413 e. The number of carbonyl (C=O) groups excluding carboxylic acids is 1. The Kier molecular flexibility index (Phi) is 13.4. The molecule has 0 aliphatic carbocycles. The molecule has 1 fully saturated rings. The van der Waals surface area contributed by atoms with E-state index in [1.165, 1.54) is 27.9 Å². The predicted molar refractivity (Wildman–Crippen MR) is 247 cm³/mol. The van der Waals surface area contributed by atoms with Gasteiger partial charge in [-0.05, 0) is 86.8 Å². The van der Waals surface area contributed by atoms with Gasteiger partial charge >= 0.3 is 12.2 Å². The first-order valence-corrected chi connectivity index (χ1v) is 23.6. The number of hydrogen-bond acceptors (Lipinski definition) is 9. The standard InChI is InChI=1S/C45H53IN8O5Si/c1-6-14-32(24-28-59-60(45(2,3)4,33-15-9-7-10-16-33)34-17-11-8-12-18-34)48-41-39-38(49-42(50-41)51-43(55)58-5)40(46)52-54(39)29-31-20-21-35(36-19-13-25-47-37(31)36)30-22-26-53(27-23-30)44(56)57/h7-13,15-21,25,30,32H,6,14,22-24,26-29H2,1-5H3,(H,56,57)(H2,48,49,50,51,55)/t32-/m0/s1. The molecule has 4 heterocycles. The Morgan fingerprint density at radius 3 is 2.23 bits per heavy atom. The second-order valence-electron chi connectivity index (χ2n) is 16.3. The van der Waals surface area contributed by atoms with Crippen LogP contribution in [0.4, 0.5) is 21.4 Å². The normalized spacial score (nSPS) is 14.3. The van der Waals surface area contributed by atoms with E-state index in [1.54, 1.807) is 6.20 Å². The minimum atomic E-state index is -2.76. The van der Waals surface area contributed by atoms with Gasteiger partial charge in [0.05, 0.1) is 19.2 Å². The molecule has 60 heavy (non-hydrogen) atoms. The summed E-state index contributed by atoms with van der Waals surface area (Å²) < 4.78 is 14.8. The second-order valence-corrected chi connectivity index (χ2v) is 21.7. The van der Waals surface area contributed by atoms with Gasteiger partial charge in [-0.15, -0.1) is 0 Å². The summed E-state index contributed by atoms with van der Waals surface area (Å²) in [5.74, 6) is 0.886. The first-order chi connectivity index (χ1) is 28.9. The van der Waals surface area contributed by atoms with E-state index in [0.717, 1.165) is 42.1 Å². The summed E-state index contributed by atoms with van der Waals surface area (Å²) in [7, 11) is -1.46. The van der Waals surface area contributed by atoms with E-state index in [9.17, 15) is 14.7 Å². The molecule has 1 aliphatic heterocycles. The Morgan fingerprint density at radius 2 is 1.62 bits per heavy atom. The van der Waals surface area contributed by atoms with Gasteiger partial charge in [0.25, 0.3) is 8.32 Å². The largest absolute Gasteiger partial charge is 0.465 e. The molecule has 0 saturated carbocycles. The number of aromatic nitrogens is 5. The van der Waals surface area contributed by atoms with Gasteiger partial charge in [0.15, 0.2) is 5.82 Å². The number of rotatable bonds is 14. The van der Waals surface area contributed by atoms with Crippen LogP contribution < -0.4 is 21.0 Å². The third-order valence-corrected chi connectivity index (χ3v) is 17.3. The highest BCUT2D eigenvalue weighted by molar-refractivity contribution is 14.1. The summed E-state index contributed by atoms with van der Waals surface area (Å²) in [5.41, 5.74) is 4.33. The average Bonchev–Trinajstić information content (AvgIpc) is 3.56. The van der Waals surface area contributed by atoms with Crippen LogP contribution in [0.3, 0.4) is 0 Å². The first kappa shape index (κ1) is 43.0. The number of nitrogens with zero attached hydrogens (tertiary/aromatic N) is 6. The summed E-state index contributed by atoms with van der Waals surface area (Å²) in [5, 5.41) is 24.3. The number of carbonyl (C=O) groups is 2. The van der Waals surface area contributed by atoms with Crippen LogP contribution in [0.5, 0.6) is 0 Å². The highest BCUT2D eigenvalue weighted by Crippen LogP contribution is 2.38. The molecular formula is C45H53IN8O5Si. The Balaban J connectivity index is 1.22. The molecule has 13 nitrogen and oxygen atoms in total. The van der Waals surface area contributed by atoms with Crippen molar-refractivity contribution in [2.75, 3.05) is 37.4 Å². The fraction of sp³-hybridized carbons (Fsp3) is 0.378. The van der Waals surface area contributed by atoms with Crippen LogP contribution in [-0.2, 0) is 15.7 Å². The zero-order valence-electron chi connectivity index (χ0n) is 34.8. The van der Waals surface area contributed by atoms with E-state index in [2.05, 4.69) is 140 Å². The molecule has 3 aromatic carbocycles. The molecule has 0 bridgehead atoms. The van der Waals surface area contributed by atoms with Gasteiger partial charge in [0.1, 0.15) is 14.7 Å². The molecule has 0 unspecified atom stereocenters. The molecular weight excluding hydrogens is 888 g/mol. The molecule has 2 amide bonds. The Morgan fingerprint density at radius 1 is 0.933 bits per heavy atom. The summed E-state index contributed by atoms with van der Waals surface area (Å²) in [6, 6.07) is 29.6. The molecule has 7 rings (SSSR count). The molecule has 6 aromatic rings. The number of hydrogen-bond donors (Lipinski definition) is 3. The van der Waals surface area contributed by atoms with Crippen molar-refractivity contribution in [2.24, 2.45) is 0 Å². The first-order valence-electron chi connectivity index (χ1n) is 20.6. The van der Waals surface area contributed by atoms with Crippen LogP contribution in [0.15, 0.2) is 91.1 Å². The van der Waals surface area contributed by atoms with Gasteiger partial charge in [0, 0.05) is 37.3 Å². The molecule has 1 atom stereocenters. The number of anilines is 2. The Bertz CT molecular complexity index is 2400. The maximum Gasteiger partial charge on any atom is 0.413 e. The van der Waals surface area contributed by atoms with Gasteiger partial charge in [-0.3, -0.25) is 15.0 Å². The highest BCUT2D eigenvalue weighted by Gasteiger charge is 2.50. The van der Waals surface area contributed by atoms with Crippen molar-refractivity contribution in [2.45, 2.75) is 83.3 Å². The average molecular weight is 941 g/mol. The maximum absolute atomic E-state index is 12.4. The second kappa shape index (κ2) is 18.6. The number of carboxylic acid groups (broad SMARTS) is 1. The summed E-state index contributed by atoms with van der Waals surface area (Å²) in [6.45, 7) is 11.0. The number of halogens is 1. The summed E-state index contributed by atoms with van der Waals surface area (Å²) in [4.78, 5) is 40.0. The minimum Gasteiger partial charge on any atom is -0.465 e. The van der Waals surface area contributed by atoms with Crippen molar-refractivity contribution < 1.29 is 23.9 Å². The zero-order chi connectivity index (χ0) is 42.4. The Hall–Kier alpha value is -5.13. The minimum absolute atomic E-state index is 0.0346. The number of piperidine rings is 1. The molecule has 3 aromatic heterocycles. The van der Waals surface area contributed by atoms with Crippen LogP contribution in [0.2, 0.25) is 5.04 Å². The van der Waals surface area contributed by atoms with Crippen molar-refractivity contribution >= 4 is 87.2 Å². The van der Waals surface area contributed by atoms with Crippen LogP contribution in [0, 0.1) is 3.70 Å². The fourth-order valence-corrected chi connectivity index (χ4v) is 13.9. The lowest BCUT2D eigenvalue weighted by molar-refractivity contribution is 0.132. The number of methoxy groups -OCH3 is 1. The zero-order valence-corrected chi connectivity index (χ0v) is 38.0. The topological polar surface area (TPSA) is 157 Å². The molecule has 0 spiro atoms. The van der Waals surface area contributed by atoms with Crippen LogP contribution in [0.1, 0.15) is 76.8 Å². The lowest BCUT2D eigenvalue weighted by Gasteiger charge is -2.43. The number of pyridine rings is 1. The van der Waals surface area contributed by atoms with E-state index >= 15 is 0 Å². The summed E-state index contributed by atoms with van der Waals surface area (Å²) >= 11 is 2.19. The molecule has 15 heteroatoms. The lowest BCUT2D eigenvalue weighted by atomic mass is 9.86. The third kappa shape index (κ3) is 8.98. The quantitative estimate of drug-likeness (QED) is 0.0714. The van der Waals surface area contributed by atoms with Crippen LogP contribution in [-0.4, -0.2) is 88.1 Å². The van der Waals surface area contributed by atoms with Crippen molar-refractivity contribution in [3.05, 3.63) is 106 Å². The predicted octanol–water partition coefficient (Wildman–Crippen LogP) is 8.61. The van der Waals surface area contributed by atoms with Crippen molar-refractivity contribution in [3.8, 4) is 0 Å². The molecule has 0 radical (unpaired) electrons. The Labute approximate surface area is 365 Å². The number of ether oxygens (including phenoxy) is 1. The maximum atomic E-state index is 12.4. The van der Waals surface area contributed by atoms with E-state index in [-0.39, 0.29) is 22.9 Å². The van der Waals surface area contributed by atoms with Gasteiger partial charge in [0.2, 0.25) is 5.95 Å². The highest BCUT2D eigenvalue weighted by atomic mass is 127. The lowest BCUT2D eigenvalue weighted by Crippen LogP contribution is -2.66. The van der Waals surface area contributed by atoms with Gasteiger partial charge in [-0.25, -0.2) is 14.6 Å². The van der Waals surface area contributed by atoms with Crippen molar-refractivity contribution in [1.29, 1.82) is 0 Å². The number of benzene rings is 3. The number of nitrogens with one attached hydrogen (secondary N) is 2. The third-order valence-electron chi connectivity index (χ3n) is 11.5. The van der Waals surface area contributed by atoms with Crippen molar-refractivity contribution in [3.63, 3.8) is 0 Å². The van der Waals surface area contributed by atoms with Gasteiger partial charge in [-0.1, -0.05) is 113 Å². The van der Waals surface area contributed by atoms with Crippen molar-refractivity contribution in [1.82, 2.24) is 29.6 Å². The van der Waals surface area contributed by atoms with Gasteiger partial charge in [-0.2, -0.15) is 10.1 Å². The SMILES string of the molecule is CCC[C@@H](CCO[Si](c1ccccc1)(c1ccccc1)C(C)(C)C)Nc1nc(NC(=O)OC)nc2c(I)nn(Cc3ccc(C4CCN(C(=O)O)CC4)c4cccnc34)c12. The fourth-order valence-electron chi connectivity index (χ4n) is 8.69. The van der Waals surface area contributed by atoms with Crippen LogP contribution >= 0.6 is 22.6 Å². The van der Waals surface area contributed by atoms with Crippen LogP contribution in [0.25, 0.3) is 21.9 Å². The molecule has 314 valence electrons. The monoisotopic (exact) mass is 940 g/mol. The number of amides is 2. The van der Waals surface area contributed by atoms with E-state index in [4.69, 9.17) is 29.2 Å². The number of likely N-dealkylation sites (tertiary alicyclic amines) is 1. The summed E-state index contributed by atoms with van der Waals surface area (Å²) in [6.07, 6.45) is 4.26.